The molecular weight excluding hydrogens is 388 g/mol. The fourth-order valence-electron chi connectivity index (χ4n) is 4.00. The van der Waals surface area contributed by atoms with Crippen LogP contribution in [0.4, 0.5) is 23.1 Å². The zero-order valence-corrected chi connectivity index (χ0v) is 16.8. The molecule has 0 radical (unpaired) electrons. The molecule has 0 aromatic carbocycles. The largest absolute Gasteiger partial charge is 0.395 e. The number of aliphatic hydroxyl groups is 1. The molecule has 2 aliphatic heterocycles. The van der Waals surface area contributed by atoms with Crippen LogP contribution in [0.25, 0.3) is 0 Å². The van der Waals surface area contributed by atoms with Crippen molar-refractivity contribution < 1.29 is 10.0 Å². The van der Waals surface area contributed by atoms with Gasteiger partial charge in [0.15, 0.2) is 0 Å². The van der Waals surface area contributed by atoms with E-state index in [9.17, 15) is 10.1 Å². The van der Waals surface area contributed by atoms with E-state index in [0.717, 1.165) is 18.9 Å². The van der Waals surface area contributed by atoms with Gasteiger partial charge in [0, 0.05) is 65.1 Å². The van der Waals surface area contributed by atoms with Gasteiger partial charge in [-0.2, -0.15) is 0 Å². The van der Waals surface area contributed by atoms with E-state index in [4.69, 9.17) is 5.11 Å². The smallest absolute Gasteiger partial charge is 0.353 e. The number of anilines is 3. The molecule has 0 bridgehead atoms. The highest BCUT2D eigenvalue weighted by molar-refractivity contribution is 5.71. The van der Waals surface area contributed by atoms with Gasteiger partial charge in [0.1, 0.15) is 12.1 Å². The molecule has 4 rings (SSSR count). The average molecular weight is 414 g/mol. The minimum absolute atomic E-state index is 0.0283. The number of aliphatic hydroxyl groups excluding tert-OH is 1. The Balaban J connectivity index is 1.50. The number of aromatic nitrogens is 3. The molecule has 2 aromatic rings. The van der Waals surface area contributed by atoms with E-state index in [2.05, 4.69) is 24.8 Å². The van der Waals surface area contributed by atoms with E-state index in [1.54, 1.807) is 6.20 Å². The highest BCUT2D eigenvalue weighted by Crippen LogP contribution is 2.35. The predicted octanol–water partition coefficient (Wildman–Crippen LogP) is 0.221. The quantitative estimate of drug-likeness (QED) is 0.520. The lowest BCUT2D eigenvalue weighted by Crippen LogP contribution is -2.48. The standard InChI is InChI=1S/C19H26N8O3/c28-14-13-23-5-7-25(8-6-23)18-17(27(29)30)19(22-15-21-18)26-11-9-24(10-12-26)16-3-1-2-4-20-16/h1-4,15,28H,5-14H2. The summed E-state index contributed by atoms with van der Waals surface area (Å²) in [5.74, 6) is 1.67. The minimum atomic E-state index is -0.365. The van der Waals surface area contributed by atoms with Crippen molar-refractivity contribution in [2.24, 2.45) is 0 Å². The molecule has 2 aromatic heterocycles. The number of piperazine rings is 2. The van der Waals surface area contributed by atoms with Crippen molar-refractivity contribution in [3.05, 3.63) is 40.8 Å². The van der Waals surface area contributed by atoms with Crippen molar-refractivity contribution in [2.45, 2.75) is 0 Å². The lowest BCUT2D eigenvalue weighted by atomic mass is 10.2. The first-order valence-corrected chi connectivity index (χ1v) is 10.2. The second-order valence-corrected chi connectivity index (χ2v) is 7.34. The highest BCUT2D eigenvalue weighted by atomic mass is 16.6. The number of hydrogen-bond acceptors (Lipinski definition) is 10. The second kappa shape index (κ2) is 9.18. The summed E-state index contributed by atoms with van der Waals surface area (Å²) in [4.78, 5) is 32.8. The molecule has 11 nitrogen and oxygen atoms in total. The minimum Gasteiger partial charge on any atom is -0.395 e. The van der Waals surface area contributed by atoms with Gasteiger partial charge in [-0.25, -0.2) is 15.0 Å². The van der Waals surface area contributed by atoms with Crippen LogP contribution in [0.2, 0.25) is 0 Å². The van der Waals surface area contributed by atoms with Gasteiger partial charge in [0.05, 0.1) is 11.5 Å². The van der Waals surface area contributed by atoms with Gasteiger partial charge >= 0.3 is 5.69 Å². The lowest BCUT2D eigenvalue weighted by Gasteiger charge is -2.37. The second-order valence-electron chi connectivity index (χ2n) is 7.34. The van der Waals surface area contributed by atoms with Crippen LogP contribution >= 0.6 is 0 Å². The highest BCUT2D eigenvalue weighted by Gasteiger charge is 2.32. The van der Waals surface area contributed by atoms with Gasteiger partial charge < -0.3 is 19.8 Å². The van der Waals surface area contributed by atoms with Crippen LogP contribution in [0.15, 0.2) is 30.7 Å². The van der Waals surface area contributed by atoms with Crippen LogP contribution in [0.3, 0.4) is 0 Å². The van der Waals surface area contributed by atoms with Crippen LogP contribution in [-0.2, 0) is 0 Å². The van der Waals surface area contributed by atoms with Crippen molar-refractivity contribution in [1.29, 1.82) is 0 Å². The first-order chi connectivity index (χ1) is 14.7. The number of nitrogens with zero attached hydrogens (tertiary/aromatic N) is 8. The van der Waals surface area contributed by atoms with Crippen LogP contribution < -0.4 is 14.7 Å². The van der Waals surface area contributed by atoms with Crippen LogP contribution in [-0.4, -0.2) is 95.4 Å². The van der Waals surface area contributed by atoms with Gasteiger partial charge in [0.2, 0.25) is 11.6 Å². The number of nitro groups is 1. The molecule has 11 heteroatoms. The third-order valence-electron chi connectivity index (χ3n) is 5.61. The number of rotatable bonds is 6. The molecule has 30 heavy (non-hydrogen) atoms. The summed E-state index contributed by atoms with van der Waals surface area (Å²) in [5, 5.41) is 21.1. The van der Waals surface area contributed by atoms with Crippen LogP contribution in [0.5, 0.6) is 0 Å². The third-order valence-corrected chi connectivity index (χ3v) is 5.61. The van der Waals surface area contributed by atoms with Gasteiger partial charge in [-0.1, -0.05) is 6.07 Å². The molecule has 0 amide bonds. The first-order valence-electron chi connectivity index (χ1n) is 10.2. The zero-order valence-electron chi connectivity index (χ0n) is 16.8. The van der Waals surface area contributed by atoms with Crippen LogP contribution in [0.1, 0.15) is 0 Å². The summed E-state index contributed by atoms with van der Waals surface area (Å²) < 4.78 is 0. The maximum Gasteiger partial charge on any atom is 0.353 e. The van der Waals surface area contributed by atoms with E-state index in [1.807, 2.05) is 28.0 Å². The Kier molecular flexibility index (Phi) is 6.19. The summed E-state index contributed by atoms with van der Waals surface area (Å²) in [7, 11) is 0. The molecule has 2 aliphatic rings. The monoisotopic (exact) mass is 414 g/mol. The van der Waals surface area contributed by atoms with Crippen LogP contribution in [0, 0.1) is 10.1 Å². The Labute approximate surface area is 174 Å². The van der Waals surface area contributed by atoms with Gasteiger partial charge in [-0.3, -0.25) is 15.0 Å². The Morgan fingerprint density at radius 2 is 1.50 bits per heavy atom. The number of β-amino-alcohol motifs (C(OH)–C–C–N with tert-alkyl or cyclic N) is 1. The summed E-state index contributed by atoms with van der Waals surface area (Å²) in [6.07, 6.45) is 3.19. The van der Waals surface area contributed by atoms with E-state index >= 15 is 0 Å². The molecule has 1 N–H and O–H groups in total. The lowest BCUT2D eigenvalue weighted by molar-refractivity contribution is -0.383. The molecule has 0 aliphatic carbocycles. The zero-order chi connectivity index (χ0) is 20.9. The number of pyridine rings is 1. The Hall–Kier alpha value is -3.05. The third kappa shape index (κ3) is 4.26. The number of hydrogen-bond donors (Lipinski definition) is 1. The summed E-state index contributed by atoms with van der Waals surface area (Å²) in [5.41, 5.74) is -0.0283. The van der Waals surface area contributed by atoms with E-state index in [-0.39, 0.29) is 17.2 Å². The maximum absolute atomic E-state index is 12.0. The Bertz CT molecular complexity index is 852. The fraction of sp³-hybridized carbons (Fsp3) is 0.526. The molecule has 4 heterocycles. The summed E-state index contributed by atoms with van der Waals surface area (Å²) >= 11 is 0. The van der Waals surface area contributed by atoms with E-state index in [1.165, 1.54) is 6.33 Å². The molecule has 2 saturated heterocycles. The Morgan fingerprint density at radius 1 is 0.900 bits per heavy atom. The predicted molar refractivity (Wildman–Crippen MR) is 113 cm³/mol. The van der Waals surface area contributed by atoms with E-state index < -0.39 is 0 Å². The molecule has 160 valence electrons. The SMILES string of the molecule is O=[N+]([O-])c1c(N2CCN(CCO)CC2)ncnc1N1CCN(c2ccccn2)CC1. The average Bonchev–Trinajstić information content (AvgIpc) is 2.80. The molecule has 0 saturated carbocycles. The molecule has 0 atom stereocenters. The summed E-state index contributed by atoms with van der Waals surface area (Å²) in [6, 6.07) is 5.81. The van der Waals surface area contributed by atoms with Crippen molar-refractivity contribution in [1.82, 2.24) is 19.9 Å². The van der Waals surface area contributed by atoms with Crippen molar-refractivity contribution in [3.8, 4) is 0 Å². The molecular formula is C19H26N8O3. The van der Waals surface area contributed by atoms with Crippen molar-refractivity contribution >= 4 is 23.1 Å². The normalized spacial score (nSPS) is 18.0. The summed E-state index contributed by atoms with van der Waals surface area (Å²) in [6.45, 7) is 6.14. The fourth-order valence-corrected chi connectivity index (χ4v) is 4.00. The molecule has 0 spiro atoms. The first kappa shape index (κ1) is 20.2. The van der Waals surface area contributed by atoms with Gasteiger partial charge in [-0.05, 0) is 12.1 Å². The molecule has 0 unspecified atom stereocenters. The van der Waals surface area contributed by atoms with E-state index in [0.29, 0.717) is 57.4 Å². The molecule has 2 fully saturated rings. The topological polar surface area (TPSA) is 115 Å². The van der Waals surface area contributed by atoms with Gasteiger partial charge in [0.25, 0.3) is 0 Å². The van der Waals surface area contributed by atoms with Crippen molar-refractivity contribution in [3.63, 3.8) is 0 Å². The maximum atomic E-state index is 12.0. The van der Waals surface area contributed by atoms with Crippen molar-refractivity contribution in [2.75, 3.05) is 80.2 Å². The Morgan fingerprint density at radius 3 is 2.03 bits per heavy atom. The van der Waals surface area contributed by atoms with Gasteiger partial charge in [-0.15, -0.1) is 0 Å².